The van der Waals surface area contributed by atoms with Crippen LogP contribution < -0.4 is 25.5 Å². The first-order valence-corrected chi connectivity index (χ1v) is 12.6. The highest BCUT2D eigenvalue weighted by Crippen LogP contribution is 2.37. The Morgan fingerprint density at radius 1 is 1.05 bits per heavy atom. The molecule has 14 nitrogen and oxygen atoms in total. The van der Waals surface area contributed by atoms with Crippen molar-refractivity contribution in [2.24, 2.45) is 5.41 Å². The van der Waals surface area contributed by atoms with Gasteiger partial charge in [-0.1, -0.05) is 17.8 Å². The van der Waals surface area contributed by atoms with E-state index in [1.165, 1.54) is 19.4 Å². The molecule has 3 N–H and O–H groups in total. The summed E-state index contributed by atoms with van der Waals surface area (Å²) in [5, 5.41) is 24.1. The van der Waals surface area contributed by atoms with Gasteiger partial charge >= 0.3 is 5.97 Å². The minimum atomic E-state index is -2.76. The fourth-order valence-electron chi connectivity index (χ4n) is 3.66. The van der Waals surface area contributed by atoms with Crippen molar-refractivity contribution in [3.05, 3.63) is 53.7 Å². The van der Waals surface area contributed by atoms with Crippen molar-refractivity contribution in [3.8, 4) is 17.0 Å². The second-order valence-corrected chi connectivity index (χ2v) is 9.65. The van der Waals surface area contributed by atoms with Crippen molar-refractivity contribution in [2.75, 3.05) is 24.7 Å². The molecular formula is C27H32N10O4. The number of nitrogens with one attached hydrogen (secondary N) is 3. The molecule has 1 aromatic carbocycles. The van der Waals surface area contributed by atoms with E-state index in [4.69, 9.17) is 13.7 Å². The maximum Gasteiger partial charge on any atom is 0.340 e. The highest BCUT2D eigenvalue weighted by atomic mass is 16.7. The van der Waals surface area contributed by atoms with Crippen molar-refractivity contribution < 1.29 is 23.3 Å². The van der Waals surface area contributed by atoms with Gasteiger partial charge in [-0.05, 0) is 51.5 Å². The normalized spacial score (nSPS) is 12.5. The summed E-state index contributed by atoms with van der Waals surface area (Å²) in [6.07, 6.45) is 2.00. The third-order valence-electron chi connectivity index (χ3n) is 6.20. The molecule has 0 saturated heterocycles. The Hall–Kier alpha value is -5.14. The van der Waals surface area contributed by atoms with Gasteiger partial charge in [0.15, 0.2) is 17.3 Å². The maximum absolute atomic E-state index is 12.9. The third-order valence-corrected chi connectivity index (χ3v) is 6.20. The van der Waals surface area contributed by atoms with Crippen LogP contribution in [-0.2, 0) is 4.79 Å². The zero-order valence-corrected chi connectivity index (χ0v) is 23.4. The van der Waals surface area contributed by atoms with Crippen molar-refractivity contribution in [2.45, 2.75) is 41.0 Å². The van der Waals surface area contributed by atoms with E-state index in [1.54, 1.807) is 45.0 Å². The highest BCUT2D eigenvalue weighted by Gasteiger charge is 2.29. The molecule has 1 amide bonds. The summed E-state index contributed by atoms with van der Waals surface area (Å²) in [5.74, 6) is 0.0508. The first-order chi connectivity index (χ1) is 20.7. The van der Waals surface area contributed by atoms with E-state index in [0.717, 1.165) is 10.5 Å². The van der Waals surface area contributed by atoms with Gasteiger partial charge in [-0.15, -0.1) is 15.3 Å². The van der Waals surface area contributed by atoms with Crippen molar-refractivity contribution in [1.29, 1.82) is 0 Å². The maximum atomic E-state index is 12.9. The molecule has 3 aromatic heterocycles. The summed E-state index contributed by atoms with van der Waals surface area (Å²) >= 11 is 0. The molecular weight excluding hydrogens is 528 g/mol. The lowest BCUT2D eigenvalue weighted by atomic mass is 9.91. The molecule has 0 fully saturated rings. The molecule has 0 aliphatic heterocycles. The number of amides is 1. The number of para-hydroxylation sites is 1. The van der Waals surface area contributed by atoms with E-state index >= 15 is 0 Å². The van der Waals surface area contributed by atoms with E-state index in [-0.39, 0.29) is 17.2 Å². The number of aryl methyl sites for hydroxylation is 2. The summed E-state index contributed by atoms with van der Waals surface area (Å²) in [5.41, 5.74) is 1.02. The van der Waals surface area contributed by atoms with E-state index in [1.807, 2.05) is 19.2 Å². The van der Waals surface area contributed by atoms with E-state index in [9.17, 15) is 9.59 Å². The molecule has 0 spiro atoms. The van der Waals surface area contributed by atoms with Gasteiger partial charge in [-0.3, -0.25) is 4.79 Å². The number of hydrogen-bond donors (Lipinski definition) is 3. The van der Waals surface area contributed by atoms with Gasteiger partial charge in [0.1, 0.15) is 17.3 Å². The van der Waals surface area contributed by atoms with Crippen molar-refractivity contribution in [1.82, 2.24) is 40.6 Å². The van der Waals surface area contributed by atoms with Crippen molar-refractivity contribution >= 4 is 34.9 Å². The van der Waals surface area contributed by atoms with Gasteiger partial charge < -0.3 is 25.5 Å². The largest absolute Gasteiger partial charge is 0.494 e. The number of methoxy groups -OCH3 is 1. The third kappa shape index (κ3) is 6.54. The second-order valence-electron chi connectivity index (χ2n) is 9.65. The summed E-state index contributed by atoms with van der Waals surface area (Å²) in [6, 6.07) is 8.28. The van der Waals surface area contributed by atoms with Crippen LogP contribution in [0.15, 0.2) is 36.5 Å². The van der Waals surface area contributed by atoms with Gasteiger partial charge in [0.25, 0.3) is 5.91 Å². The molecule has 214 valence electrons. The van der Waals surface area contributed by atoms with Gasteiger partial charge in [0, 0.05) is 34.5 Å². The molecule has 0 radical (unpaired) electrons. The van der Waals surface area contributed by atoms with Crippen LogP contribution in [0.3, 0.4) is 0 Å². The Morgan fingerprint density at radius 3 is 2.56 bits per heavy atom. The van der Waals surface area contributed by atoms with Gasteiger partial charge in [0.2, 0.25) is 0 Å². The molecule has 0 saturated carbocycles. The van der Waals surface area contributed by atoms with E-state index in [2.05, 4.69) is 41.1 Å². The summed E-state index contributed by atoms with van der Waals surface area (Å²) in [4.78, 5) is 40.3. The molecule has 0 atom stereocenters. The zero-order valence-electron chi connectivity index (χ0n) is 26.4. The van der Waals surface area contributed by atoms with E-state index in [0.29, 0.717) is 40.8 Å². The SMILES string of the molecule is [2H]C([2H])([2H])NC(=O)c1nnc(Nc2cc(C)nc(C)n2)cc1Nc1cccc(-c2cn(OC(=O)C(C)(C)CC)nn2)c1OC. The predicted octanol–water partition coefficient (Wildman–Crippen LogP) is 3.39. The lowest BCUT2D eigenvalue weighted by Gasteiger charge is -2.18. The summed E-state index contributed by atoms with van der Waals surface area (Å²) in [7, 11) is 1.44. The molecule has 0 aliphatic rings. The first kappa shape index (κ1) is 24.9. The van der Waals surface area contributed by atoms with Crippen LogP contribution in [-0.4, -0.2) is 61.3 Å². The average molecular weight is 564 g/mol. The Bertz CT molecular complexity index is 1670. The lowest BCUT2D eigenvalue weighted by molar-refractivity contribution is -0.156. The molecule has 41 heavy (non-hydrogen) atoms. The second kappa shape index (κ2) is 11.9. The number of aromatic nitrogens is 7. The first-order valence-electron chi connectivity index (χ1n) is 14.1. The molecule has 0 bridgehead atoms. The number of rotatable bonds is 10. The number of hydrogen-bond acceptors (Lipinski definition) is 12. The number of anilines is 4. The molecule has 4 aromatic rings. The summed E-state index contributed by atoms with van der Waals surface area (Å²) in [6.45, 7) is 6.21. The molecule has 14 heteroatoms. The Balaban J connectivity index is 1.71. The van der Waals surface area contributed by atoms with Crippen LogP contribution in [0.5, 0.6) is 5.75 Å². The molecule has 4 rings (SSSR count). The van der Waals surface area contributed by atoms with Crippen LogP contribution in [0.25, 0.3) is 11.3 Å². The Kier molecular flexibility index (Phi) is 7.24. The number of nitrogens with zero attached hydrogens (tertiary/aromatic N) is 7. The fourth-order valence-corrected chi connectivity index (χ4v) is 3.66. The molecule has 3 heterocycles. The predicted molar refractivity (Wildman–Crippen MR) is 151 cm³/mol. The average Bonchev–Trinajstić information content (AvgIpc) is 3.39. The Morgan fingerprint density at radius 2 is 1.85 bits per heavy atom. The summed E-state index contributed by atoms with van der Waals surface area (Å²) < 4.78 is 28.0. The monoisotopic (exact) mass is 563 g/mol. The van der Waals surface area contributed by atoms with Gasteiger partial charge in [0.05, 0.1) is 30.1 Å². The van der Waals surface area contributed by atoms with Crippen LogP contribution in [0.2, 0.25) is 0 Å². The standard InChI is InChI=1S/C27H32N10O4/c1-8-27(4,5)26(39)41-37-14-20(33-36-37)17-10-9-11-18(24(17)40-7)31-19-13-22(34-35-23(19)25(38)28-6)32-21-12-15(2)29-16(3)30-21/h9-14H,8H2,1-7H3,(H,28,38)(H2,29,30,31,32,34)/i6D3. The van der Waals surface area contributed by atoms with Crippen LogP contribution in [0.4, 0.5) is 23.0 Å². The van der Waals surface area contributed by atoms with Crippen LogP contribution >= 0.6 is 0 Å². The van der Waals surface area contributed by atoms with Crippen molar-refractivity contribution in [3.63, 3.8) is 0 Å². The number of carbonyl (C=O) groups excluding carboxylic acids is 2. The zero-order chi connectivity index (χ0) is 32.2. The number of benzene rings is 1. The highest BCUT2D eigenvalue weighted by molar-refractivity contribution is 5.99. The van der Waals surface area contributed by atoms with Gasteiger partial charge in [-0.25, -0.2) is 14.8 Å². The molecule has 0 aliphatic carbocycles. The number of carbonyl (C=O) groups is 2. The molecule has 0 unspecified atom stereocenters. The topological polar surface area (TPSA) is 171 Å². The fraction of sp³-hybridized carbons (Fsp3) is 0.333. The minimum Gasteiger partial charge on any atom is -0.494 e. The minimum absolute atomic E-state index is 0.113. The Labute approximate surface area is 241 Å². The quantitative estimate of drug-likeness (QED) is 0.241. The number of ether oxygens (including phenoxy) is 1. The van der Waals surface area contributed by atoms with Crippen LogP contribution in [0.1, 0.15) is 53.3 Å². The lowest BCUT2D eigenvalue weighted by Crippen LogP contribution is -2.33. The van der Waals surface area contributed by atoms with Crippen LogP contribution in [0, 0.1) is 19.3 Å². The van der Waals surface area contributed by atoms with Gasteiger partial charge in [-0.2, -0.15) is 0 Å². The smallest absolute Gasteiger partial charge is 0.340 e. The van der Waals surface area contributed by atoms with E-state index < -0.39 is 24.3 Å².